The Morgan fingerprint density at radius 2 is 1.71 bits per heavy atom. The largest absolute Gasteiger partial charge is 0.466 e. The van der Waals surface area contributed by atoms with E-state index in [0.717, 1.165) is 55.0 Å². The molecule has 0 atom stereocenters. The maximum atomic E-state index is 13.9. The molecule has 0 aliphatic heterocycles. The number of pyridine rings is 1. The number of fused-ring (bicyclic) bond motifs is 1. The topological polar surface area (TPSA) is 72.7 Å². The van der Waals surface area contributed by atoms with E-state index in [1.807, 2.05) is 25.3 Å². The quantitative estimate of drug-likeness (QED) is 0.275. The van der Waals surface area contributed by atoms with Crippen molar-refractivity contribution in [3.8, 4) is 11.1 Å². The average Bonchev–Trinajstić information content (AvgIpc) is 3.35. The van der Waals surface area contributed by atoms with Gasteiger partial charge in [0.25, 0.3) is 5.91 Å². The summed E-state index contributed by atoms with van der Waals surface area (Å²) in [6.45, 7) is 2.27. The zero-order valence-electron chi connectivity index (χ0n) is 21.1. The van der Waals surface area contributed by atoms with E-state index in [4.69, 9.17) is 4.74 Å². The highest BCUT2D eigenvalue weighted by Crippen LogP contribution is 2.37. The van der Waals surface area contributed by atoms with E-state index < -0.39 is 17.5 Å². The molecule has 1 N–H and O–H groups in total. The van der Waals surface area contributed by atoms with Crippen molar-refractivity contribution in [2.45, 2.75) is 44.9 Å². The number of benzene rings is 2. The summed E-state index contributed by atoms with van der Waals surface area (Å²) < 4.78 is 34.2. The van der Waals surface area contributed by atoms with Gasteiger partial charge in [0, 0.05) is 24.9 Å². The molecule has 6 nitrogen and oxygen atoms in total. The molecule has 0 saturated heterocycles. The number of rotatable bonds is 7. The first-order valence-electron chi connectivity index (χ1n) is 12.9. The number of carbonyl (C=O) groups excluding carboxylic acids is 2. The molecule has 2 aromatic carbocycles. The lowest BCUT2D eigenvalue weighted by atomic mass is 9.77. The molecule has 1 aliphatic rings. The van der Waals surface area contributed by atoms with Crippen LogP contribution in [0.1, 0.15) is 61.0 Å². The highest BCUT2D eigenvalue weighted by Gasteiger charge is 2.24. The summed E-state index contributed by atoms with van der Waals surface area (Å²) in [6, 6.07) is 15.1. The first-order valence-corrected chi connectivity index (χ1v) is 12.9. The lowest BCUT2D eigenvalue weighted by molar-refractivity contribution is -0.144. The molecule has 196 valence electrons. The molecule has 0 unspecified atom stereocenters. The Morgan fingerprint density at radius 3 is 2.45 bits per heavy atom. The van der Waals surface area contributed by atoms with Gasteiger partial charge in [-0.2, -0.15) is 0 Å². The van der Waals surface area contributed by atoms with Gasteiger partial charge in [0.2, 0.25) is 0 Å². The van der Waals surface area contributed by atoms with E-state index in [0.29, 0.717) is 30.5 Å². The summed E-state index contributed by atoms with van der Waals surface area (Å²) in [5, 5.41) is 2.38. The molecule has 2 heterocycles. The van der Waals surface area contributed by atoms with Crippen LogP contribution in [-0.2, 0) is 9.53 Å². The normalized spacial score (nSPS) is 17.3. The molecule has 2 aromatic heterocycles. The molecule has 4 aromatic rings. The number of anilines is 1. The molecule has 0 bridgehead atoms. The van der Waals surface area contributed by atoms with Crippen molar-refractivity contribution >= 4 is 23.2 Å². The van der Waals surface area contributed by atoms with Gasteiger partial charge in [-0.25, -0.2) is 13.8 Å². The number of imidazole rings is 1. The lowest BCUT2D eigenvalue weighted by Crippen LogP contribution is -2.17. The van der Waals surface area contributed by atoms with Crippen LogP contribution in [0.2, 0.25) is 0 Å². The first-order chi connectivity index (χ1) is 18.4. The van der Waals surface area contributed by atoms with E-state index in [1.165, 1.54) is 5.56 Å². The van der Waals surface area contributed by atoms with Crippen LogP contribution < -0.4 is 5.32 Å². The third-order valence-electron chi connectivity index (χ3n) is 7.18. The molecule has 5 rings (SSSR count). The smallest absolute Gasteiger partial charge is 0.306 e. The minimum Gasteiger partial charge on any atom is -0.466 e. The number of hydrogen-bond acceptors (Lipinski definition) is 4. The van der Waals surface area contributed by atoms with Crippen LogP contribution in [0.5, 0.6) is 0 Å². The highest BCUT2D eigenvalue weighted by atomic mass is 19.1. The Hall–Kier alpha value is -4.07. The van der Waals surface area contributed by atoms with E-state index >= 15 is 0 Å². The van der Waals surface area contributed by atoms with Gasteiger partial charge in [0.1, 0.15) is 23.0 Å². The van der Waals surface area contributed by atoms with Crippen molar-refractivity contribution < 1.29 is 23.1 Å². The third-order valence-corrected chi connectivity index (χ3v) is 7.18. The molecule has 0 radical (unpaired) electrons. The van der Waals surface area contributed by atoms with Gasteiger partial charge in [0.05, 0.1) is 12.3 Å². The Balaban J connectivity index is 1.24. The SMILES string of the molecule is CCOC(=O)C[C@H]1CC[C@H](c2ccc(-c3ccc4nc(C(=O)Nc5cc(F)ccc5F)cn4c3)cc2)CC1. The minimum absolute atomic E-state index is 0.0941. The summed E-state index contributed by atoms with van der Waals surface area (Å²) in [7, 11) is 0. The second-order valence-corrected chi connectivity index (χ2v) is 9.74. The van der Waals surface area contributed by atoms with Gasteiger partial charge >= 0.3 is 5.97 Å². The van der Waals surface area contributed by atoms with Crippen LogP contribution in [0, 0.1) is 17.6 Å². The molecule has 1 aliphatic carbocycles. The zero-order valence-corrected chi connectivity index (χ0v) is 21.1. The number of hydrogen-bond donors (Lipinski definition) is 1. The Kier molecular flexibility index (Phi) is 7.49. The number of nitrogens with zero attached hydrogens (tertiary/aromatic N) is 2. The number of halogens is 2. The molecule has 38 heavy (non-hydrogen) atoms. The number of nitrogens with one attached hydrogen (secondary N) is 1. The fraction of sp³-hybridized carbons (Fsp3) is 0.300. The summed E-state index contributed by atoms with van der Waals surface area (Å²) in [4.78, 5) is 28.7. The zero-order chi connectivity index (χ0) is 26.6. The van der Waals surface area contributed by atoms with Gasteiger partial charge in [0.15, 0.2) is 0 Å². The summed E-state index contributed by atoms with van der Waals surface area (Å²) in [5.74, 6) is -1.19. The fourth-order valence-corrected chi connectivity index (χ4v) is 5.15. The number of amides is 1. The Bertz CT molecular complexity index is 1460. The number of ether oxygens (including phenoxy) is 1. The van der Waals surface area contributed by atoms with Crippen LogP contribution in [0.15, 0.2) is 67.0 Å². The second-order valence-electron chi connectivity index (χ2n) is 9.74. The number of aromatic nitrogens is 2. The fourth-order valence-electron chi connectivity index (χ4n) is 5.15. The van der Waals surface area contributed by atoms with Crippen molar-refractivity contribution in [3.63, 3.8) is 0 Å². The van der Waals surface area contributed by atoms with Crippen molar-refractivity contribution in [1.29, 1.82) is 0 Å². The predicted octanol–water partition coefficient (Wildman–Crippen LogP) is 6.76. The van der Waals surface area contributed by atoms with Crippen molar-refractivity contribution in [2.75, 3.05) is 11.9 Å². The van der Waals surface area contributed by atoms with Crippen LogP contribution in [0.25, 0.3) is 16.8 Å². The second kappa shape index (κ2) is 11.1. The molecular weight excluding hydrogens is 488 g/mol. The molecule has 1 fully saturated rings. The maximum absolute atomic E-state index is 13.9. The van der Waals surface area contributed by atoms with E-state index in [2.05, 4.69) is 34.6 Å². The third kappa shape index (κ3) is 5.74. The van der Waals surface area contributed by atoms with Crippen LogP contribution in [0.3, 0.4) is 0 Å². The maximum Gasteiger partial charge on any atom is 0.306 e. The summed E-state index contributed by atoms with van der Waals surface area (Å²) in [6.07, 6.45) is 8.16. The van der Waals surface area contributed by atoms with Crippen molar-refractivity contribution in [1.82, 2.24) is 9.38 Å². The molecular formula is C30H29F2N3O3. The molecule has 1 amide bonds. The standard InChI is InChI=1S/C30H29F2N3O3/c1-2-38-29(36)15-19-3-5-20(6-4-19)21-7-9-22(10-8-21)23-11-14-28-33-27(18-35(28)17-23)30(37)34-26-16-24(31)12-13-25(26)32/h7-14,16-20H,2-6,15H2,1H3,(H,34,37)/t19-,20-. The lowest BCUT2D eigenvalue weighted by Gasteiger charge is -2.28. The first kappa shape index (κ1) is 25.6. The van der Waals surface area contributed by atoms with Gasteiger partial charge < -0.3 is 14.5 Å². The van der Waals surface area contributed by atoms with Gasteiger partial charge in [-0.3, -0.25) is 9.59 Å². The summed E-state index contributed by atoms with van der Waals surface area (Å²) >= 11 is 0. The van der Waals surface area contributed by atoms with Gasteiger partial charge in [-0.15, -0.1) is 0 Å². The van der Waals surface area contributed by atoms with E-state index in [9.17, 15) is 18.4 Å². The average molecular weight is 518 g/mol. The Morgan fingerprint density at radius 1 is 0.974 bits per heavy atom. The number of carbonyl (C=O) groups is 2. The van der Waals surface area contributed by atoms with Crippen LogP contribution in [-0.4, -0.2) is 27.9 Å². The van der Waals surface area contributed by atoms with Crippen molar-refractivity contribution in [3.05, 3.63) is 89.9 Å². The van der Waals surface area contributed by atoms with Crippen molar-refractivity contribution in [2.24, 2.45) is 5.92 Å². The number of esters is 1. The monoisotopic (exact) mass is 517 g/mol. The molecule has 8 heteroatoms. The van der Waals surface area contributed by atoms with Crippen LogP contribution >= 0.6 is 0 Å². The Labute approximate surface area is 219 Å². The summed E-state index contributed by atoms with van der Waals surface area (Å²) in [5.41, 5.74) is 3.72. The van der Waals surface area contributed by atoms with Gasteiger partial charge in [-0.05, 0) is 85.4 Å². The van der Waals surface area contributed by atoms with Crippen LogP contribution in [0.4, 0.5) is 14.5 Å². The van der Waals surface area contributed by atoms with E-state index in [1.54, 1.807) is 10.6 Å². The van der Waals surface area contributed by atoms with E-state index in [-0.39, 0.29) is 17.4 Å². The van der Waals surface area contributed by atoms with Gasteiger partial charge in [-0.1, -0.05) is 24.3 Å². The molecule has 0 spiro atoms. The minimum atomic E-state index is -0.723. The highest BCUT2D eigenvalue weighted by molar-refractivity contribution is 6.03. The predicted molar refractivity (Wildman–Crippen MR) is 141 cm³/mol. The molecule has 1 saturated carbocycles.